The molecule has 2 aliphatic heterocycles. The lowest BCUT2D eigenvalue weighted by Crippen LogP contribution is -2.52. The molecule has 5 rings (SSSR count). The maximum absolute atomic E-state index is 14.8. The van der Waals surface area contributed by atoms with E-state index in [4.69, 9.17) is 9.15 Å². The molecule has 178 valence electrons. The first-order valence-electron chi connectivity index (χ1n) is 10.4. The van der Waals surface area contributed by atoms with Crippen LogP contribution in [0.1, 0.15) is 33.0 Å². The minimum absolute atomic E-state index is 0.0193. The molecule has 11 heteroatoms. The van der Waals surface area contributed by atoms with Crippen LogP contribution in [0, 0.1) is 5.82 Å². The second kappa shape index (κ2) is 8.00. The van der Waals surface area contributed by atoms with E-state index < -0.39 is 35.2 Å². The molecule has 1 aromatic carbocycles. The second-order valence-electron chi connectivity index (χ2n) is 8.05. The number of carbonyl (C=O) groups excluding carboxylic acids is 4. The molecular formula is C24H18FN3O7. The van der Waals surface area contributed by atoms with Crippen molar-refractivity contribution in [1.29, 1.82) is 0 Å². The van der Waals surface area contributed by atoms with E-state index in [1.54, 1.807) is 6.07 Å². The van der Waals surface area contributed by atoms with Gasteiger partial charge >= 0.3 is 12.0 Å². The molecule has 1 saturated heterocycles. The molecule has 1 fully saturated rings. The lowest BCUT2D eigenvalue weighted by molar-refractivity contribution is -0.135. The second-order valence-corrected chi connectivity index (χ2v) is 8.05. The summed E-state index contributed by atoms with van der Waals surface area (Å²) in [4.78, 5) is 51.3. The highest BCUT2D eigenvalue weighted by Crippen LogP contribution is 2.36. The van der Waals surface area contributed by atoms with E-state index in [1.165, 1.54) is 49.5 Å². The minimum Gasteiger partial charge on any atom is -0.494 e. The van der Waals surface area contributed by atoms with Crippen LogP contribution in [0.4, 0.5) is 9.18 Å². The Bertz CT molecular complexity index is 1420. The van der Waals surface area contributed by atoms with Gasteiger partial charge in [0.05, 0.1) is 26.3 Å². The summed E-state index contributed by atoms with van der Waals surface area (Å²) in [6, 6.07) is 3.74. The molecule has 0 bridgehead atoms. The van der Waals surface area contributed by atoms with Gasteiger partial charge in [-0.15, -0.1) is 5.73 Å². The van der Waals surface area contributed by atoms with E-state index in [-0.39, 0.29) is 35.7 Å². The van der Waals surface area contributed by atoms with E-state index in [2.05, 4.69) is 21.1 Å². The predicted molar refractivity (Wildman–Crippen MR) is 117 cm³/mol. The summed E-state index contributed by atoms with van der Waals surface area (Å²) in [7, 11) is 2.54. The molecule has 0 spiro atoms. The zero-order chi connectivity index (χ0) is 24.9. The van der Waals surface area contributed by atoms with Crippen molar-refractivity contribution in [2.75, 3.05) is 20.8 Å². The first kappa shape index (κ1) is 22.2. The SMILES string of the molecule is COC(=O)C1=C=Cc2cc([C@]3(CN4Cc5ccc(OC)c(F)c5C4=O)NC(=O)NC3=O)oc2C=C1. The molecule has 0 radical (unpaired) electrons. The van der Waals surface area contributed by atoms with Gasteiger partial charge in [0.1, 0.15) is 17.1 Å². The van der Waals surface area contributed by atoms with Crippen LogP contribution < -0.4 is 15.4 Å². The third-order valence-corrected chi connectivity index (χ3v) is 6.05. The number of benzene rings is 1. The van der Waals surface area contributed by atoms with Crippen molar-refractivity contribution in [3.05, 3.63) is 69.6 Å². The smallest absolute Gasteiger partial charge is 0.345 e. The minimum atomic E-state index is -1.77. The van der Waals surface area contributed by atoms with Crippen molar-refractivity contribution in [2.24, 2.45) is 0 Å². The van der Waals surface area contributed by atoms with Gasteiger partial charge < -0.3 is 24.1 Å². The number of esters is 1. The Morgan fingerprint density at radius 3 is 2.74 bits per heavy atom. The quantitative estimate of drug-likeness (QED) is 0.381. The molecule has 2 aromatic rings. The normalized spacial score (nSPS) is 20.1. The van der Waals surface area contributed by atoms with Gasteiger partial charge in [-0.2, -0.15) is 0 Å². The van der Waals surface area contributed by atoms with Crippen molar-refractivity contribution >= 4 is 36.0 Å². The number of furan rings is 1. The van der Waals surface area contributed by atoms with Crippen LogP contribution in [0.2, 0.25) is 0 Å². The van der Waals surface area contributed by atoms with Gasteiger partial charge in [-0.05, 0) is 35.9 Å². The van der Waals surface area contributed by atoms with Crippen LogP contribution >= 0.6 is 0 Å². The van der Waals surface area contributed by atoms with Crippen LogP contribution in [-0.2, 0) is 26.4 Å². The number of hydrogen-bond acceptors (Lipinski definition) is 7. The number of halogens is 1. The molecule has 4 amide bonds. The summed E-state index contributed by atoms with van der Waals surface area (Å²) in [5.41, 5.74) is 1.96. The molecule has 35 heavy (non-hydrogen) atoms. The molecule has 1 aromatic heterocycles. The molecule has 1 aliphatic carbocycles. The molecule has 3 aliphatic rings. The van der Waals surface area contributed by atoms with E-state index >= 15 is 0 Å². The largest absolute Gasteiger partial charge is 0.494 e. The summed E-state index contributed by atoms with van der Waals surface area (Å²) < 4.78 is 30.3. The molecule has 2 N–H and O–H groups in total. The summed E-state index contributed by atoms with van der Waals surface area (Å²) in [5, 5.41) is 4.74. The van der Waals surface area contributed by atoms with E-state index in [1.807, 2.05) is 0 Å². The first-order valence-corrected chi connectivity index (χ1v) is 10.4. The standard InChI is InChI=1S/C24H18FN3O7/c1-33-16-8-6-14-10-28(20(29)18(14)19(16)25)11-24(22(31)26-23(32)27-24)17-9-13-4-3-12(21(30)34-2)5-7-15(13)35-17/h4-9H,10-11H2,1-2H3,(H2,26,27,31,32)/t24-/m0/s1. The average Bonchev–Trinajstić information content (AvgIpc) is 3.43. The lowest BCUT2D eigenvalue weighted by atomic mass is 9.95. The number of fused-ring (bicyclic) bond motifs is 2. The Morgan fingerprint density at radius 1 is 1.26 bits per heavy atom. The number of imide groups is 1. The Morgan fingerprint density at radius 2 is 2.06 bits per heavy atom. The van der Waals surface area contributed by atoms with Gasteiger partial charge in [0.2, 0.25) is 0 Å². The van der Waals surface area contributed by atoms with Crippen molar-refractivity contribution in [1.82, 2.24) is 15.5 Å². The number of nitrogens with one attached hydrogen (secondary N) is 2. The van der Waals surface area contributed by atoms with Crippen LogP contribution in [0.15, 0.2) is 40.0 Å². The highest BCUT2D eigenvalue weighted by Gasteiger charge is 2.53. The number of nitrogens with zero attached hydrogens (tertiary/aromatic N) is 1. The number of amides is 4. The fraction of sp³-hybridized carbons (Fsp3) is 0.208. The van der Waals surface area contributed by atoms with Crippen LogP contribution in [-0.4, -0.2) is 49.5 Å². The Balaban J connectivity index is 1.52. The van der Waals surface area contributed by atoms with Crippen molar-refractivity contribution < 1.29 is 37.5 Å². The Kier molecular flexibility index (Phi) is 5.07. The van der Waals surface area contributed by atoms with Gasteiger partial charge in [0.15, 0.2) is 17.1 Å². The molecule has 1 atom stereocenters. The zero-order valence-corrected chi connectivity index (χ0v) is 18.6. The third kappa shape index (κ3) is 3.41. The maximum atomic E-state index is 14.8. The van der Waals surface area contributed by atoms with Gasteiger partial charge in [0, 0.05) is 12.1 Å². The third-order valence-electron chi connectivity index (χ3n) is 6.05. The van der Waals surface area contributed by atoms with E-state index in [0.717, 1.165) is 0 Å². The summed E-state index contributed by atoms with van der Waals surface area (Å²) in [6.45, 7) is -0.297. The summed E-state index contributed by atoms with van der Waals surface area (Å²) in [5.74, 6) is -2.48. The van der Waals surface area contributed by atoms with Crippen LogP contribution in [0.5, 0.6) is 5.75 Å². The zero-order valence-electron chi connectivity index (χ0n) is 18.6. The molecule has 3 heterocycles. The Hall–Kier alpha value is -4.63. The van der Waals surface area contributed by atoms with Crippen LogP contribution in [0.25, 0.3) is 12.2 Å². The van der Waals surface area contributed by atoms with Gasteiger partial charge in [-0.3, -0.25) is 14.9 Å². The Labute approximate surface area is 197 Å². The summed E-state index contributed by atoms with van der Waals surface area (Å²) in [6.07, 6.45) is 4.43. The van der Waals surface area contributed by atoms with Gasteiger partial charge in [0.25, 0.3) is 11.8 Å². The number of methoxy groups -OCH3 is 2. The highest BCUT2D eigenvalue weighted by molar-refractivity contribution is 6.08. The number of ether oxygens (including phenoxy) is 2. The highest BCUT2D eigenvalue weighted by atomic mass is 19.1. The number of carbonyl (C=O) groups is 4. The van der Waals surface area contributed by atoms with E-state index in [9.17, 15) is 23.6 Å². The number of hydrogen-bond donors (Lipinski definition) is 2. The van der Waals surface area contributed by atoms with Crippen molar-refractivity contribution in [3.8, 4) is 5.75 Å². The molecule has 10 nitrogen and oxygen atoms in total. The maximum Gasteiger partial charge on any atom is 0.345 e. The summed E-state index contributed by atoms with van der Waals surface area (Å²) >= 11 is 0. The van der Waals surface area contributed by atoms with Crippen molar-refractivity contribution in [2.45, 2.75) is 12.1 Å². The first-order chi connectivity index (χ1) is 16.8. The van der Waals surface area contributed by atoms with Gasteiger partial charge in [-0.1, -0.05) is 6.07 Å². The van der Waals surface area contributed by atoms with Crippen LogP contribution in [0.3, 0.4) is 0 Å². The lowest BCUT2D eigenvalue weighted by Gasteiger charge is -2.29. The average molecular weight is 479 g/mol. The van der Waals surface area contributed by atoms with E-state index in [0.29, 0.717) is 16.9 Å². The number of rotatable bonds is 5. The molecular weight excluding hydrogens is 461 g/mol. The predicted octanol–water partition coefficient (Wildman–Crippen LogP) is 1.86. The number of urea groups is 1. The fourth-order valence-electron chi connectivity index (χ4n) is 4.29. The van der Waals surface area contributed by atoms with Crippen molar-refractivity contribution in [3.63, 3.8) is 0 Å². The molecule has 0 saturated carbocycles. The fourth-order valence-corrected chi connectivity index (χ4v) is 4.29. The van der Waals surface area contributed by atoms with Gasteiger partial charge in [-0.25, -0.2) is 14.0 Å². The monoisotopic (exact) mass is 479 g/mol. The molecule has 0 unspecified atom stereocenters. The topological polar surface area (TPSA) is 127 Å².